The standard InChI is InChI=1S/C15H8FN3OS/c16-12-2-1-9(8-20)5-11(12)10(3-4-17)14-6-13-15(21-14)7-18-19-13/h1-3,5-8H,(H,18,19). The zero-order valence-corrected chi connectivity index (χ0v) is 11.4. The first-order valence-corrected chi connectivity index (χ1v) is 6.82. The van der Waals surface area contributed by atoms with Crippen LogP contribution in [0, 0.1) is 17.1 Å². The maximum atomic E-state index is 14.1. The Kier molecular flexibility index (Phi) is 3.34. The van der Waals surface area contributed by atoms with Gasteiger partial charge >= 0.3 is 0 Å². The van der Waals surface area contributed by atoms with Crippen molar-refractivity contribution in [1.82, 2.24) is 10.2 Å². The lowest BCUT2D eigenvalue weighted by molar-refractivity contribution is 0.112. The van der Waals surface area contributed by atoms with E-state index in [1.54, 1.807) is 6.20 Å². The smallest absolute Gasteiger partial charge is 0.150 e. The van der Waals surface area contributed by atoms with E-state index in [2.05, 4.69) is 10.2 Å². The topological polar surface area (TPSA) is 69.5 Å². The number of H-pyrrole nitrogens is 1. The highest BCUT2D eigenvalue weighted by Gasteiger charge is 2.14. The Balaban J connectivity index is 2.19. The van der Waals surface area contributed by atoms with Crippen molar-refractivity contribution in [2.45, 2.75) is 0 Å². The Morgan fingerprint density at radius 1 is 1.43 bits per heavy atom. The molecule has 0 saturated carbocycles. The van der Waals surface area contributed by atoms with Gasteiger partial charge in [-0.2, -0.15) is 10.4 Å². The predicted octanol–water partition coefficient (Wildman–Crippen LogP) is 3.53. The molecule has 0 atom stereocenters. The highest BCUT2D eigenvalue weighted by Crippen LogP contribution is 2.34. The number of hydrogen-bond acceptors (Lipinski definition) is 4. The molecule has 4 nitrogen and oxygen atoms in total. The molecule has 0 unspecified atom stereocenters. The van der Waals surface area contributed by atoms with Gasteiger partial charge in [0.2, 0.25) is 0 Å². The summed E-state index contributed by atoms with van der Waals surface area (Å²) in [5.41, 5.74) is 1.87. The van der Waals surface area contributed by atoms with Crippen LogP contribution in [-0.4, -0.2) is 16.5 Å². The summed E-state index contributed by atoms with van der Waals surface area (Å²) in [6.45, 7) is 0. The highest BCUT2D eigenvalue weighted by atomic mass is 32.1. The van der Waals surface area contributed by atoms with E-state index in [1.165, 1.54) is 35.6 Å². The maximum absolute atomic E-state index is 14.1. The summed E-state index contributed by atoms with van der Waals surface area (Å²) in [5.74, 6) is -0.475. The second-order valence-corrected chi connectivity index (χ2v) is 5.39. The summed E-state index contributed by atoms with van der Waals surface area (Å²) in [5, 5.41) is 15.7. The number of hydrogen-bond donors (Lipinski definition) is 1. The van der Waals surface area contributed by atoms with E-state index in [9.17, 15) is 9.18 Å². The summed E-state index contributed by atoms with van der Waals surface area (Å²) in [6, 6.07) is 7.81. The molecular weight excluding hydrogens is 289 g/mol. The molecule has 0 radical (unpaired) electrons. The number of rotatable bonds is 3. The number of aromatic amines is 1. The minimum Gasteiger partial charge on any atom is -0.298 e. The molecule has 1 aromatic carbocycles. The van der Waals surface area contributed by atoms with Gasteiger partial charge in [0.15, 0.2) is 0 Å². The molecule has 0 bridgehead atoms. The molecule has 3 rings (SSSR count). The van der Waals surface area contributed by atoms with Gasteiger partial charge in [0.1, 0.15) is 12.1 Å². The van der Waals surface area contributed by atoms with Crippen molar-refractivity contribution in [2.24, 2.45) is 0 Å². The minimum absolute atomic E-state index is 0.234. The van der Waals surface area contributed by atoms with Gasteiger partial charge in [-0.1, -0.05) is 0 Å². The fourth-order valence-corrected chi connectivity index (χ4v) is 3.06. The molecule has 0 saturated heterocycles. The van der Waals surface area contributed by atoms with Gasteiger partial charge in [0, 0.05) is 27.7 Å². The molecule has 0 aliphatic carbocycles. The molecule has 0 amide bonds. The number of allylic oxidation sites excluding steroid dienone is 1. The zero-order valence-electron chi connectivity index (χ0n) is 10.6. The van der Waals surface area contributed by atoms with Crippen LogP contribution in [0.2, 0.25) is 0 Å². The third-order valence-corrected chi connectivity index (χ3v) is 4.12. The molecule has 21 heavy (non-hydrogen) atoms. The number of nitrogens with one attached hydrogen (secondary N) is 1. The highest BCUT2D eigenvalue weighted by molar-refractivity contribution is 7.20. The number of aromatic nitrogens is 2. The third kappa shape index (κ3) is 2.35. The molecular formula is C15H8FN3OS. The number of aldehydes is 1. The molecule has 102 valence electrons. The number of fused-ring (bicyclic) bond motifs is 1. The van der Waals surface area contributed by atoms with Crippen molar-refractivity contribution in [3.8, 4) is 6.07 Å². The Morgan fingerprint density at radius 2 is 2.29 bits per heavy atom. The summed E-state index contributed by atoms with van der Waals surface area (Å²) in [7, 11) is 0. The summed E-state index contributed by atoms with van der Waals surface area (Å²) in [4.78, 5) is 11.6. The fraction of sp³-hybridized carbons (Fsp3) is 0. The van der Waals surface area contributed by atoms with Crippen LogP contribution in [0.1, 0.15) is 20.8 Å². The lowest BCUT2D eigenvalue weighted by Crippen LogP contribution is -1.93. The van der Waals surface area contributed by atoms with Gasteiger partial charge in [0.05, 0.1) is 22.5 Å². The molecule has 2 heterocycles. The molecule has 0 aliphatic rings. The van der Waals surface area contributed by atoms with Crippen LogP contribution >= 0.6 is 11.3 Å². The second-order valence-electron chi connectivity index (χ2n) is 4.30. The first kappa shape index (κ1) is 13.2. The van der Waals surface area contributed by atoms with Crippen molar-refractivity contribution in [3.63, 3.8) is 0 Å². The van der Waals surface area contributed by atoms with E-state index in [0.29, 0.717) is 17.4 Å². The van der Waals surface area contributed by atoms with Crippen LogP contribution in [0.25, 0.3) is 15.8 Å². The maximum Gasteiger partial charge on any atom is 0.150 e. The van der Waals surface area contributed by atoms with Gasteiger partial charge in [-0.3, -0.25) is 9.89 Å². The average Bonchev–Trinajstić information content (AvgIpc) is 3.07. The average molecular weight is 297 g/mol. The predicted molar refractivity (Wildman–Crippen MR) is 78.5 cm³/mol. The molecule has 0 aliphatic heterocycles. The first-order chi connectivity index (χ1) is 10.2. The van der Waals surface area contributed by atoms with E-state index in [1.807, 2.05) is 12.1 Å². The van der Waals surface area contributed by atoms with Gasteiger partial charge in [-0.25, -0.2) is 4.39 Å². The van der Waals surface area contributed by atoms with E-state index < -0.39 is 5.82 Å². The van der Waals surface area contributed by atoms with E-state index in [-0.39, 0.29) is 5.56 Å². The summed E-state index contributed by atoms with van der Waals surface area (Å²) in [6.07, 6.45) is 3.60. The Labute approximate surface area is 123 Å². The number of benzene rings is 1. The van der Waals surface area contributed by atoms with Crippen molar-refractivity contribution >= 4 is 33.4 Å². The van der Waals surface area contributed by atoms with Gasteiger partial charge in [-0.15, -0.1) is 11.3 Å². The summed E-state index contributed by atoms with van der Waals surface area (Å²) >= 11 is 1.40. The Hall–Kier alpha value is -2.78. The van der Waals surface area contributed by atoms with Crippen molar-refractivity contribution < 1.29 is 9.18 Å². The lowest BCUT2D eigenvalue weighted by atomic mass is 10.0. The van der Waals surface area contributed by atoms with Crippen LogP contribution < -0.4 is 0 Å². The van der Waals surface area contributed by atoms with Crippen LogP contribution in [0.5, 0.6) is 0 Å². The number of nitrogens with zero attached hydrogens (tertiary/aromatic N) is 2. The molecule has 1 N–H and O–H groups in total. The van der Waals surface area contributed by atoms with Crippen molar-refractivity contribution in [2.75, 3.05) is 0 Å². The number of carbonyl (C=O) groups is 1. The number of thiophene rings is 1. The molecule has 2 aromatic heterocycles. The zero-order chi connectivity index (χ0) is 14.8. The summed E-state index contributed by atoms with van der Waals surface area (Å²) < 4.78 is 15.0. The van der Waals surface area contributed by atoms with Crippen LogP contribution in [0.15, 0.2) is 36.5 Å². The largest absolute Gasteiger partial charge is 0.298 e. The van der Waals surface area contributed by atoms with Crippen molar-refractivity contribution in [3.05, 3.63) is 58.4 Å². The van der Waals surface area contributed by atoms with E-state index in [4.69, 9.17) is 5.26 Å². The van der Waals surface area contributed by atoms with Crippen LogP contribution in [0.4, 0.5) is 4.39 Å². The Bertz CT molecular complexity index is 873. The van der Waals surface area contributed by atoms with Crippen LogP contribution in [-0.2, 0) is 0 Å². The van der Waals surface area contributed by atoms with Gasteiger partial charge in [0.25, 0.3) is 0 Å². The first-order valence-electron chi connectivity index (χ1n) is 6.01. The Morgan fingerprint density at radius 3 is 3.00 bits per heavy atom. The SMILES string of the molecule is N#CC=C(c1cc2[nH]ncc2s1)c1cc(C=O)ccc1F. The minimum atomic E-state index is -0.475. The molecule has 0 spiro atoms. The molecule has 3 aromatic rings. The van der Waals surface area contributed by atoms with E-state index >= 15 is 0 Å². The second kappa shape index (κ2) is 5.31. The molecule has 0 fully saturated rings. The molecule has 6 heteroatoms. The number of nitriles is 1. The van der Waals surface area contributed by atoms with Gasteiger partial charge in [-0.05, 0) is 24.3 Å². The number of halogens is 1. The lowest BCUT2D eigenvalue weighted by Gasteiger charge is -2.06. The van der Waals surface area contributed by atoms with Crippen LogP contribution in [0.3, 0.4) is 0 Å². The third-order valence-electron chi connectivity index (χ3n) is 3.02. The van der Waals surface area contributed by atoms with Gasteiger partial charge < -0.3 is 0 Å². The monoisotopic (exact) mass is 297 g/mol. The van der Waals surface area contributed by atoms with Crippen molar-refractivity contribution in [1.29, 1.82) is 5.26 Å². The number of carbonyl (C=O) groups excluding carboxylic acids is 1. The normalized spacial score (nSPS) is 11.5. The van der Waals surface area contributed by atoms with E-state index in [0.717, 1.165) is 15.1 Å². The fourth-order valence-electron chi connectivity index (χ4n) is 2.05. The quantitative estimate of drug-likeness (QED) is 0.594.